The standard InChI is InChI=1S/C30H33N7O2S/c1-4-6-14-30(34-35-30)15-18-36(5-2)17-7-16-32-28(39)23-12-13-25-26(19-23)40-29-33-24(20-37(25)29)21-8-10-22(11-9-21)27(38)31-3/h1,8-13,19-20H,5-7,14-18H2,2-3H3,(H,31,38)(H,32,39). The monoisotopic (exact) mass is 555 g/mol. The van der Waals surface area contributed by atoms with Gasteiger partial charge in [0, 0.05) is 62.3 Å². The molecule has 4 aromatic rings. The number of benzene rings is 2. The minimum absolute atomic E-state index is 0.0725. The van der Waals surface area contributed by atoms with Gasteiger partial charge in [-0.2, -0.15) is 10.2 Å². The Balaban J connectivity index is 1.15. The SMILES string of the molecule is C#CCCC1(CCN(CC)CCCNC(=O)c2ccc3c(c2)sc2nc(-c4ccc(C(=O)NC)cc4)cn23)N=N1. The molecule has 0 unspecified atom stereocenters. The molecule has 2 aromatic heterocycles. The lowest BCUT2D eigenvalue weighted by atomic mass is 10.0. The van der Waals surface area contributed by atoms with Gasteiger partial charge in [-0.05, 0) is 49.8 Å². The van der Waals surface area contributed by atoms with Gasteiger partial charge in [0.05, 0.1) is 15.9 Å². The molecule has 0 radical (unpaired) electrons. The van der Waals surface area contributed by atoms with E-state index in [1.54, 1.807) is 30.5 Å². The van der Waals surface area contributed by atoms with Crippen molar-refractivity contribution in [1.29, 1.82) is 0 Å². The average molecular weight is 556 g/mol. The van der Waals surface area contributed by atoms with E-state index in [-0.39, 0.29) is 17.5 Å². The maximum Gasteiger partial charge on any atom is 0.251 e. The van der Waals surface area contributed by atoms with E-state index >= 15 is 0 Å². The molecule has 40 heavy (non-hydrogen) atoms. The lowest BCUT2D eigenvalue weighted by Gasteiger charge is -2.21. The van der Waals surface area contributed by atoms with Gasteiger partial charge in [0.25, 0.3) is 11.8 Å². The summed E-state index contributed by atoms with van der Waals surface area (Å²) < 4.78 is 3.05. The molecule has 5 rings (SSSR count). The largest absolute Gasteiger partial charge is 0.355 e. The van der Waals surface area contributed by atoms with Crippen molar-refractivity contribution in [2.45, 2.75) is 38.3 Å². The van der Waals surface area contributed by atoms with E-state index in [2.05, 4.69) is 38.6 Å². The zero-order valence-electron chi connectivity index (χ0n) is 22.8. The summed E-state index contributed by atoms with van der Waals surface area (Å²) in [7, 11) is 1.62. The number of rotatable bonds is 13. The number of carbonyl (C=O) groups excluding carboxylic acids is 2. The first kappa shape index (κ1) is 27.5. The number of hydrogen-bond acceptors (Lipinski definition) is 7. The van der Waals surface area contributed by atoms with E-state index in [0.717, 1.165) is 65.3 Å². The number of nitrogens with one attached hydrogen (secondary N) is 2. The lowest BCUT2D eigenvalue weighted by Crippen LogP contribution is -2.32. The van der Waals surface area contributed by atoms with Crippen LogP contribution in [-0.2, 0) is 0 Å². The van der Waals surface area contributed by atoms with Gasteiger partial charge in [-0.25, -0.2) is 4.98 Å². The van der Waals surface area contributed by atoms with Gasteiger partial charge >= 0.3 is 0 Å². The highest BCUT2D eigenvalue weighted by Gasteiger charge is 2.38. The maximum absolute atomic E-state index is 12.8. The Morgan fingerprint density at radius 1 is 1.07 bits per heavy atom. The fourth-order valence-corrected chi connectivity index (χ4v) is 5.80. The van der Waals surface area contributed by atoms with Crippen molar-refractivity contribution >= 4 is 38.3 Å². The minimum atomic E-state index is -0.253. The molecule has 9 nitrogen and oxygen atoms in total. The molecule has 0 fully saturated rings. The second-order valence-electron chi connectivity index (χ2n) is 9.90. The Bertz CT molecular complexity index is 1590. The van der Waals surface area contributed by atoms with Crippen LogP contribution in [0.15, 0.2) is 58.9 Å². The topological polar surface area (TPSA) is 103 Å². The van der Waals surface area contributed by atoms with Crippen molar-refractivity contribution in [3.05, 3.63) is 59.8 Å². The third kappa shape index (κ3) is 6.06. The minimum Gasteiger partial charge on any atom is -0.355 e. The average Bonchev–Trinajstić information content (AvgIpc) is 3.50. The van der Waals surface area contributed by atoms with Crippen molar-refractivity contribution in [2.75, 3.05) is 33.2 Å². The molecule has 2 aromatic carbocycles. The van der Waals surface area contributed by atoms with Crippen LogP contribution < -0.4 is 10.6 Å². The number of amides is 2. The van der Waals surface area contributed by atoms with Crippen LogP contribution in [0.1, 0.15) is 53.3 Å². The Morgan fingerprint density at radius 3 is 2.55 bits per heavy atom. The molecule has 0 atom stereocenters. The summed E-state index contributed by atoms with van der Waals surface area (Å²) in [6.07, 6.45) is 10.7. The summed E-state index contributed by atoms with van der Waals surface area (Å²) in [6.45, 7) is 5.52. The highest BCUT2D eigenvalue weighted by atomic mass is 32.1. The zero-order valence-corrected chi connectivity index (χ0v) is 23.6. The summed E-state index contributed by atoms with van der Waals surface area (Å²) in [5.41, 5.74) is 3.78. The molecule has 0 aliphatic carbocycles. The van der Waals surface area contributed by atoms with Gasteiger partial charge in [-0.1, -0.05) is 30.4 Å². The maximum atomic E-state index is 12.8. The molecule has 0 bridgehead atoms. The molecule has 206 valence electrons. The zero-order chi connectivity index (χ0) is 28.1. The molecule has 0 spiro atoms. The smallest absolute Gasteiger partial charge is 0.251 e. The van der Waals surface area contributed by atoms with Crippen LogP contribution in [0, 0.1) is 12.3 Å². The predicted octanol–water partition coefficient (Wildman–Crippen LogP) is 4.98. The van der Waals surface area contributed by atoms with Gasteiger partial charge < -0.3 is 15.5 Å². The molecule has 0 saturated carbocycles. The predicted molar refractivity (Wildman–Crippen MR) is 159 cm³/mol. The van der Waals surface area contributed by atoms with E-state index in [0.29, 0.717) is 24.1 Å². The summed E-state index contributed by atoms with van der Waals surface area (Å²) in [5.74, 6) is 2.48. The number of thiazole rings is 1. The molecule has 2 amide bonds. The fraction of sp³-hybridized carbons (Fsp3) is 0.367. The number of carbonyl (C=O) groups is 2. The Morgan fingerprint density at radius 2 is 1.85 bits per heavy atom. The van der Waals surface area contributed by atoms with Crippen LogP contribution in [0.25, 0.3) is 26.4 Å². The van der Waals surface area contributed by atoms with Crippen molar-refractivity contribution in [1.82, 2.24) is 24.9 Å². The second kappa shape index (κ2) is 12.0. The van der Waals surface area contributed by atoms with E-state index in [9.17, 15) is 9.59 Å². The van der Waals surface area contributed by atoms with Gasteiger partial charge in [0.2, 0.25) is 0 Å². The first-order chi connectivity index (χ1) is 19.4. The fourth-order valence-electron chi connectivity index (χ4n) is 4.76. The van der Waals surface area contributed by atoms with E-state index in [1.807, 2.05) is 40.9 Å². The normalized spacial score (nSPS) is 13.6. The molecule has 1 aliphatic rings. The van der Waals surface area contributed by atoms with Crippen molar-refractivity contribution in [2.24, 2.45) is 10.2 Å². The van der Waals surface area contributed by atoms with E-state index in [1.165, 1.54) is 0 Å². The number of nitrogens with zero attached hydrogens (tertiary/aromatic N) is 5. The number of hydrogen-bond donors (Lipinski definition) is 2. The van der Waals surface area contributed by atoms with Crippen molar-refractivity contribution in [3.8, 4) is 23.6 Å². The number of imidazole rings is 1. The van der Waals surface area contributed by atoms with Crippen LogP contribution >= 0.6 is 11.3 Å². The second-order valence-corrected chi connectivity index (χ2v) is 10.9. The van der Waals surface area contributed by atoms with Crippen molar-refractivity contribution in [3.63, 3.8) is 0 Å². The lowest BCUT2D eigenvalue weighted by molar-refractivity contribution is 0.0947. The van der Waals surface area contributed by atoms with Crippen LogP contribution in [0.3, 0.4) is 0 Å². The Kier molecular flexibility index (Phi) is 8.24. The first-order valence-corrected chi connectivity index (χ1v) is 14.4. The molecule has 1 aliphatic heterocycles. The van der Waals surface area contributed by atoms with E-state index < -0.39 is 0 Å². The van der Waals surface area contributed by atoms with Gasteiger partial charge in [-0.15, -0.1) is 12.3 Å². The summed E-state index contributed by atoms with van der Waals surface area (Å²) >= 11 is 1.55. The first-order valence-electron chi connectivity index (χ1n) is 13.6. The Hall–Kier alpha value is -4.07. The third-order valence-corrected chi connectivity index (χ3v) is 8.31. The van der Waals surface area contributed by atoms with Crippen LogP contribution in [0.4, 0.5) is 0 Å². The molecule has 0 saturated heterocycles. The van der Waals surface area contributed by atoms with Crippen LogP contribution in [0.5, 0.6) is 0 Å². The summed E-state index contributed by atoms with van der Waals surface area (Å²) in [4.78, 5) is 32.7. The number of terminal acetylenes is 1. The number of fused-ring (bicyclic) bond motifs is 3. The van der Waals surface area contributed by atoms with Gasteiger partial charge in [-0.3, -0.25) is 14.0 Å². The van der Waals surface area contributed by atoms with Crippen molar-refractivity contribution < 1.29 is 9.59 Å². The van der Waals surface area contributed by atoms with Crippen LogP contribution in [0.2, 0.25) is 0 Å². The van der Waals surface area contributed by atoms with Crippen LogP contribution in [-0.4, -0.2) is 65.0 Å². The molecule has 3 heterocycles. The van der Waals surface area contributed by atoms with E-state index in [4.69, 9.17) is 11.4 Å². The summed E-state index contributed by atoms with van der Waals surface area (Å²) in [6, 6.07) is 13.1. The molecular weight excluding hydrogens is 522 g/mol. The highest BCUT2D eigenvalue weighted by molar-refractivity contribution is 7.23. The molecule has 2 N–H and O–H groups in total. The van der Waals surface area contributed by atoms with Gasteiger partial charge in [0.15, 0.2) is 10.6 Å². The quantitative estimate of drug-likeness (QED) is 0.179. The summed E-state index contributed by atoms with van der Waals surface area (Å²) in [5, 5.41) is 14.1. The highest BCUT2D eigenvalue weighted by Crippen LogP contribution is 2.36. The third-order valence-electron chi connectivity index (χ3n) is 7.29. The van der Waals surface area contributed by atoms with Gasteiger partial charge in [0.1, 0.15) is 0 Å². The Labute approximate surface area is 237 Å². The molecular formula is C30H33N7O2S. The number of aromatic nitrogens is 2. The molecule has 10 heteroatoms.